The highest BCUT2D eigenvalue weighted by atomic mass is 16.5. The molecule has 1 saturated heterocycles. The van der Waals surface area contributed by atoms with Crippen LogP contribution < -0.4 is 14.8 Å². The number of morpholine rings is 1. The Labute approximate surface area is 160 Å². The van der Waals surface area contributed by atoms with Gasteiger partial charge in [0.1, 0.15) is 17.6 Å². The highest BCUT2D eigenvalue weighted by molar-refractivity contribution is 5.51. The number of nitrogens with one attached hydrogen (secondary N) is 1. The van der Waals surface area contributed by atoms with Crippen LogP contribution in [0.2, 0.25) is 0 Å². The minimum atomic E-state index is 0.216. The van der Waals surface area contributed by atoms with Gasteiger partial charge in [0.25, 0.3) is 0 Å². The third-order valence-electron chi connectivity index (χ3n) is 5.14. The monoisotopic (exact) mass is 372 g/mol. The molecule has 1 aromatic carbocycles. The van der Waals surface area contributed by atoms with E-state index in [1.807, 2.05) is 16.9 Å². The van der Waals surface area contributed by atoms with Crippen molar-refractivity contribution in [3.05, 3.63) is 35.7 Å². The van der Waals surface area contributed by atoms with Crippen molar-refractivity contribution in [2.75, 3.05) is 45.3 Å². The summed E-state index contributed by atoms with van der Waals surface area (Å²) in [5.41, 5.74) is 3.36. The smallest absolute Gasteiger partial charge is 0.128 e. The van der Waals surface area contributed by atoms with Crippen molar-refractivity contribution in [3.63, 3.8) is 0 Å². The van der Waals surface area contributed by atoms with Crippen LogP contribution in [-0.4, -0.2) is 60.7 Å². The molecule has 3 heterocycles. The third-order valence-corrected chi connectivity index (χ3v) is 5.14. The second kappa shape index (κ2) is 8.19. The van der Waals surface area contributed by atoms with Crippen LogP contribution in [0.25, 0.3) is 0 Å². The normalized spacial score (nSPS) is 19.6. The number of fused-ring (bicyclic) bond motifs is 1. The maximum atomic E-state index is 6.00. The summed E-state index contributed by atoms with van der Waals surface area (Å²) in [6.45, 7) is 8.34. The fraction of sp³-hybridized carbons (Fsp3) is 0.550. The van der Waals surface area contributed by atoms with Crippen molar-refractivity contribution in [2.45, 2.75) is 32.5 Å². The first kappa shape index (κ1) is 18.1. The van der Waals surface area contributed by atoms with Crippen molar-refractivity contribution in [1.29, 1.82) is 0 Å². The van der Waals surface area contributed by atoms with Gasteiger partial charge < -0.3 is 19.5 Å². The fourth-order valence-corrected chi connectivity index (χ4v) is 3.67. The van der Waals surface area contributed by atoms with Gasteiger partial charge in [0, 0.05) is 49.9 Å². The standard InChI is InChI=1S/C20H28N4O3/c1-15-9-16-10-19(25-2)11-17(20(16)27-15)12-21-18-13-22-24(14-18)4-3-23-5-7-26-8-6-23/h10-11,13-15,21H,3-9,12H2,1-2H3. The number of hydrogen-bond donors (Lipinski definition) is 1. The van der Waals surface area contributed by atoms with Crippen LogP contribution in [0.3, 0.4) is 0 Å². The van der Waals surface area contributed by atoms with Gasteiger partial charge in [0.15, 0.2) is 0 Å². The zero-order valence-electron chi connectivity index (χ0n) is 16.1. The molecule has 1 aromatic heterocycles. The molecule has 2 aliphatic heterocycles. The maximum Gasteiger partial charge on any atom is 0.128 e. The lowest BCUT2D eigenvalue weighted by molar-refractivity contribution is 0.0360. The Bertz CT molecular complexity index is 771. The number of aromatic nitrogens is 2. The third kappa shape index (κ3) is 4.36. The number of ether oxygens (including phenoxy) is 3. The Balaban J connectivity index is 1.35. The molecule has 0 aliphatic carbocycles. The molecule has 1 unspecified atom stereocenters. The van der Waals surface area contributed by atoms with Gasteiger partial charge in [-0.1, -0.05) is 0 Å². The first-order valence-electron chi connectivity index (χ1n) is 9.64. The average Bonchev–Trinajstić information content (AvgIpc) is 3.30. The second-order valence-electron chi connectivity index (χ2n) is 7.21. The SMILES string of the molecule is COc1cc(CNc2cnn(CCN3CCOCC3)c2)c2c(c1)CC(C)O2. The Morgan fingerprint density at radius 1 is 1.26 bits per heavy atom. The molecular formula is C20H28N4O3. The van der Waals surface area contributed by atoms with E-state index in [9.17, 15) is 0 Å². The van der Waals surface area contributed by atoms with Gasteiger partial charge >= 0.3 is 0 Å². The van der Waals surface area contributed by atoms with Gasteiger partial charge in [0.2, 0.25) is 0 Å². The van der Waals surface area contributed by atoms with Crippen LogP contribution >= 0.6 is 0 Å². The zero-order chi connectivity index (χ0) is 18.6. The first-order valence-corrected chi connectivity index (χ1v) is 9.64. The van der Waals surface area contributed by atoms with E-state index < -0.39 is 0 Å². The number of anilines is 1. The Morgan fingerprint density at radius 3 is 2.93 bits per heavy atom. The number of methoxy groups -OCH3 is 1. The molecule has 27 heavy (non-hydrogen) atoms. The summed E-state index contributed by atoms with van der Waals surface area (Å²) in [6.07, 6.45) is 5.08. The molecule has 2 aromatic rings. The summed E-state index contributed by atoms with van der Waals surface area (Å²) in [5.74, 6) is 1.87. The molecule has 0 spiro atoms. The lowest BCUT2D eigenvalue weighted by Gasteiger charge is -2.26. The van der Waals surface area contributed by atoms with Gasteiger partial charge in [-0.3, -0.25) is 9.58 Å². The minimum absolute atomic E-state index is 0.216. The van der Waals surface area contributed by atoms with Crippen molar-refractivity contribution in [1.82, 2.24) is 14.7 Å². The number of nitrogens with zero attached hydrogens (tertiary/aromatic N) is 3. The molecule has 0 saturated carbocycles. The second-order valence-corrected chi connectivity index (χ2v) is 7.21. The molecule has 1 atom stereocenters. The molecule has 2 aliphatic rings. The molecule has 0 radical (unpaired) electrons. The predicted molar refractivity (Wildman–Crippen MR) is 104 cm³/mol. The Hall–Kier alpha value is -2.25. The predicted octanol–water partition coefficient (Wildman–Crippen LogP) is 2.16. The molecule has 7 heteroatoms. The van der Waals surface area contributed by atoms with Crippen LogP contribution in [0.15, 0.2) is 24.5 Å². The summed E-state index contributed by atoms with van der Waals surface area (Å²) >= 11 is 0. The number of benzene rings is 1. The van der Waals surface area contributed by atoms with Crippen molar-refractivity contribution < 1.29 is 14.2 Å². The summed E-state index contributed by atoms with van der Waals surface area (Å²) in [5, 5.41) is 7.93. The van der Waals surface area contributed by atoms with E-state index in [0.717, 1.165) is 68.6 Å². The van der Waals surface area contributed by atoms with Gasteiger partial charge in [0.05, 0.1) is 38.8 Å². The van der Waals surface area contributed by atoms with Crippen LogP contribution in [0.5, 0.6) is 11.5 Å². The number of hydrogen-bond acceptors (Lipinski definition) is 6. The van der Waals surface area contributed by atoms with E-state index >= 15 is 0 Å². The summed E-state index contributed by atoms with van der Waals surface area (Å²) in [7, 11) is 1.71. The van der Waals surface area contributed by atoms with E-state index in [-0.39, 0.29) is 6.10 Å². The molecule has 146 valence electrons. The fourth-order valence-electron chi connectivity index (χ4n) is 3.67. The Kier molecular flexibility index (Phi) is 5.50. The van der Waals surface area contributed by atoms with Crippen LogP contribution in [0.1, 0.15) is 18.1 Å². The van der Waals surface area contributed by atoms with Crippen molar-refractivity contribution in [2.24, 2.45) is 0 Å². The molecule has 7 nitrogen and oxygen atoms in total. The van der Waals surface area contributed by atoms with Crippen LogP contribution in [0.4, 0.5) is 5.69 Å². The molecule has 1 N–H and O–H groups in total. The van der Waals surface area contributed by atoms with E-state index in [1.54, 1.807) is 7.11 Å². The number of rotatable bonds is 7. The summed E-state index contributed by atoms with van der Waals surface area (Å²) in [6, 6.07) is 4.12. The molecule has 0 amide bonds. The first-order chi connectivity index (χ1) is 13.2. The zero-order valence-corrected chi connectivity index (χ0v) is 16.1. The summed E-state index contributed by atoms with van der Waals surface area (Å²) in [4.78, 5) is 2.41. The van der Waals surface area contributed by atoms with Gasteiger partial charge in [-0.05, 0) is 19.1 Å². The van der Waals surface area contributed by atoms with Gasteiger partial charge in [-0.2, -0.15) is 5.10 Å². The topological polar surface area (TPSA) is 60.8 Å². The van der Waals surface area contributed by atoms with E-state index in [0.29, 0.717) is 6.54 Å². The summed E-state index contributed by atoms with van der Waals surface area (Å²) < 4.78 is 18.8. The van der Waals surface area contributed by atoms with E-state index in [1.165, 1.54) is 5.56 Å². The lowest BCUT2D eigenvalue weighted by atomic mass is 10.1. The molecule has 1 fully saturated rings. The van der Waals surface area contributed by atoms with Crippen LogP contribution in [-0.2, 0) is 24.2 Å². The minimum Gasteiger partial charge on any atom is -0.497 e. The molecular weight excluding hydrogens is 344 g/mol. The van der Waals surface area contributed by atoms with Gasteiger partial charge in [-0.25, -0.2) is 0 Å². The lowest BCUT2D eigenvalue weighted by Crippen LogP contribution is -2.38. The van der Waals surface area contributed by atoms with E-state index in [4.69, 9.17) is 14.2 Å². The Morgan fingerprint density at radius 2 is 2.11 bits per heavy atom. The van der Waals surface area contributed by atoms with Gasteiger partial charge in [-0.15, -0.1) is 0 Å². The molecule has 4 rings (SSSR count). The van der Waals surface area contributed by atoms with Crippen molar-refractivity contribution in [3.8, 4) is 11.5 Å². The van der Waals surface area contributed by atoms with Crippen molar-refractivity contribution >= 4 is 5.69 Å². The molecule has 0 bridgehead atoms. The van der Waals surface area contributed by atoms with Crippen LogP contribution in [0, 0.1) is 0 Å². The van der Waals surface area contributed by atoms with E-state index in [2.05, 4.69) is 34.5 Å². The largest absolute Gasteiger partial charge is 0.497 e. The highest BCUT2D eigenvalue weighted by Crippen LogP contribution is 2.36. The quantitative estimate of drug-likeness (QED) is 0.804. The highest BCUT2D eigenvalue weighted by Gasteiger charge is 2.23. The maximum absolute atomic E-state index is 6.00. The average molecular weight is 372 g/mol.